The van der Waals surface area contributed by atoms with Gasteiger partial charge in [0.2, 0.25) is 0 Å². The van der Waals surface area contributed by atoms with Crippen LogP contribution in [-0.2, 0) is 0 Å². The number of hydrogen-bond acceptors (Lipinski definition) is 1. The minimum Gasteiger partial charge on any atom is -0.456 e. The summed E-state index contributed by atoms with van der Waals surface area (Å²) in [6.45, 7) is 0. The minimum absolute atomic E-state index is 0.843. The van der Waals surface area contributed by atoms with E-state index in [-0.39, 0.29) is 0 Å². The van der Waals surface area contributed by atoms with E-state index < -0.39 is 0 Å². The first-order chi connectivity index (χ1) is 9.38. The summed E-state index contributed by atoms with van der Waals surface area (Å²) >= 11 is 3.37. The van der Waals surface area contributed by atoms with Gasteiger partial charge in [-0.3, -0.25) is 0 Å². The van der Waals surface area contributed by atoms with Crippen molar-refractivity contribution in [3.05, 3.63) is 77.6 Å². The number of fused-ring (bicyclic) bond motifs is 1. The lowest BCUT2D eigenvalue weighted by Gasteiger charge is -2.11. The molecule has 1 radical (unpaired) electrons. The Balaban J connectivity index is 2.06. The summed E-state index contributed by atoms with van der Waals surface area (Å²) in [7, 11) is 0. The lowest BCUT2D eigenvalue weighted by atomic mass is 10.1. The predicted octanol–water partition coefficient (Wildman–Crippen LogP) is 5.54. The second-order valence-electron chi connectivity index (χ2n) is 4.23. The van der Waals surface area contributed by atoms with Gasteiger partial charge in [0.25, 0.3) is 0 Å². The van der Waals surface area contributed by atoms with Gasteiger partial charge in [0.15, 0.2) is 0 Å². The van der Waals surface area contributed by atoms with Gasteiger partial charge >= 0.3 is 0 Å². The van der Waals surface area contributed by atoms with Gasteiger partial charge in [0.1, 0.15) is 11.5 Å². The van der Waals surface area contributed by atoms with Crippen molar-refractivity contribution in [2.24, 2.45) is 0 Å². The van der Waals surface area contributed by atoms with Crippen LogP contribution in [0.3, 0.4) is 0 Å². The Morgan fingerprint density at radius 1 is 0.737 bits per heavy atom. The largest absolute Gasteiger partial charge is 0.456 e. The van der Waals surface area contributed by atoms with Crippen molar-refractivity contribution in [1.29, 1.82) is 0 Å². The summed E-state index contributed by atoms with van der Waals surface area (Å²) in [6.07, 6.45) is 0. The molecule has 0 atom stereocenters. The SMILES string of the molecule is Br[CH]c1ccccc1Oc1cccc2ccccc12. The molecule has 0 fully saturated rings. The molecule has 3 aromatic rings. The summed E-state index contributed by atoms with van der Waals surface area (Å²) in [5.74, 6) is 1.72. The van der Waals surface area contributed by atoms with Crippen molar-refractivity contribution in [2.45, 2.75) is 0 Å². The molecule has 3 aromatic carbocycles. The Bertz CT molecular complexity index is 701. The quantitative estimate of drug-likeness (QED) is 0.617. The van der Waals surface area contributed by atoms with Crippen LogP contribution >= 0.6 is 15.9 Å². The van der Waals surface area contributed by atoms with E-state index in [0.29, 0.717) is 0 Å². The van der Waals surface area contributed by atoms with Crippen LogP contribution in [0.1, 0.15) is 5.56 Å². The summed E-state index contributed by atoms with van der Waals surface area (Å²) in [4.78, 5) is 0. The van der Waals surface area contributed by atoms with E-state index in [2.05, 4.69) is 34.1 Å². The van der Waals surface area contributed by atoms with Crippen molar-refractivity contribution in [3.8, 4) is 11.5 Å². The zero-order valence-corrected chi connectivity index (χ0v) is 11.8. The molecule has 0 aromatic heterocycles. The monoisotopic (exact) mass is 311 g/mol. The molecule has 1 nitrogen and oxygen atoms in total. The fraction of sp³-hybridized carbons (Fsp3) is 0. The number of benzene rings is 3. The molecule has 0 heterocycles. The predicted molar refractivity (Wildman–Crippen MR) is 82.8 cm³/mol. The van der Waals surface area contributed by atoms with Gasteiger partial charge in [-0.25, -0.2) is 0 Å². The maximum absolute atomic E-state index is 6.05. The van der Waals surface area contributed by atoms with E-state index >= 15 is 0 Å². The van der Waals surface area contributed by atoms with Gasteiger partial charge in [0, 0.05) is 10.9 Å². The van der Waals surface area contributed by atoms with E-state index in [0.717, 1.165) is 22.4 Å². The number of para-hydroxylation sites is 1. The molecule has 0 N–H and O–H groups in total. The van der Waals surface area contributed by atoms with Gasteiger partial charge < -0.3 is 4.74 Å². The Morgan fingerprint density at radius 3 is 2.32 bits per heavy atom. The molecular formula is C17H12BrO. The van der Waals surface area contributed by atoms with E-state index in [4.69, 9.17) is 4.74 Å². The van der Waals surface area contributed by atoms with Crippen LogP contribution in [0.25, 0.3) is 10.8 Å². The lowest BCUT2D eigenvalue weighted by molar-refractivity contribution is 0.486. The second kappa shape index (κ2) is 5.45. The minimum atomic E-state index is 0.843. The molecular weight excluding hydrogens is 300 g/mol. The maximum atomic E-state index is 6.05. The number of hydrogen-bond donors (Lipinski definition) is 0. The van der Waals surface area contributed by atoms with Crippen molar-refractivity contribution in [1.82, 2.24) is 0 Å². The molecule has 0 bridgehead atoms. The van der Waals surface area contributed by atoms with Crippen molar-refractivity contribution < 1.29 is 4.74 Å². The molecule has 0 amide bonds. The fourth-order valence-electron chi connectivity index (χ4n) is 2.07. The van der Waals surface area contributed by atoms with Gasteiger partial charge in [-0.05, 0) is 17.5 Å². The van der Waals surface area contributed by atoms with Crippen LogP contribution in [-0.4, -0.2) is 0 Å². The molecule has 2 heteroatoms. The molecule has 0 aliphatic rings. The molecule has 19 heavy (non-hydrogen) atoms. The zero-order chi connectivity index (χ0) is 13.1. The number of ether oxygens (including phenoxy) is 1. The Hall–Kier alpha value is -1.80. The molecule has 0 aliphatic carbocycles. The fourth-order valence-corrected chi connectivity index (χ4v) is 2.45. The average molecular weight is 312 g/mol. The van der Waals surface area contributed by atoms with Crippen LogP contribution in [0.5, 0.6) is 11.5 Å². The van der Waals surface area contributed by atoms with Crippen LogP contribution in [0.4, 0.5) is 0 Å². The van der Waals surface area contributed by atoms with Gasteiger partial charge in [-0.2, -0.15) is 0 Å². The Morgan fingerprint density at radius 2 is 1.42 bits per heavy atom. The first-order valence-electron chi connectivity index (χ1n) is 6.06. The van der Waals surface area contributed by atoms with Gasteiger partial charge in [0.05, 0.1) is 5.33 Å². The average Bonchev–Trinajstić information content (AvgIpc) is 2.48. The smallest absolute Gasteiger partial charge is 0.135 e. The first-order valence-corrected chi connectivity index (χ1v) is 6.98. The van der Waals surface area contributed by atoms with Gasteiger partial charge in [-0.1, -0.05) is 70.5 Å². The van der Waals surface area contributed by atoms with E-state index in [1.54, 1.807) is 0 Å². The van der Waals surface area contributed by atoms with Crippen molar-refractivity contribution >= 4 is 26.7 Å². The second-order valence-corrected chi connectivity index (χ2v) is 4.68. The first kappa shape index (κ1) is 12.2. The van der Waals surface area contributed by atoms with Crippen LogP contribution in [0, 0.1) is 5.33 Å². The molecule has 0 saturated carbocycles. The molecule has 0 aliphatic heterocycles. The molecule has 0 saturated heterocycles. The van der Waals surface area contributed by atoms with Crippen LogP contribution in [0.15, 0.2) is 66.7 Å². The third-order valence-corrected chi connectivity index (χ3v) is 3.50. The highest BCUT2D eigenvalue weighted by Crippen LogP contribution is 2.32. The van der Waals surface area contributed by atoms with Crippen LogP contribution in [0.2, 0.25) is 0 Å². The zero-order valence-electron chi connectivity index (χ0n) is 10.2. The van der Waals surface area contributed by atoms with E-state index in [1.807, 2.05) is 53.9 Å². The standard InChI is InChI=1S/C17H12BrO/c18-12-14-7-2-4-10-16(14)19-17-11-5-8-13-6-1-3-9-15(13)17/h1-12H. The molecule has 0 unspecified atom stereocenters. The highest BCUT2D eigenvalue weighted by molar-refractivity contribution is 9.10. The third kappa shape index (κ3) is 2.49. The normalized spacial score (nSPS) is 10.6. The molecule has 3 rings (SSSR count). The van der Waals surface area contributed by atoms with Gasteiger partial charge in [-0.15, -0.1) is 0 Å². The maximum Gasteiger partial charge on any atom is 0.135 e. The highest BCUT2D eigenvalue weighted by Gasteiger charge is 2.06. The van der Waals surface area contributed by atoms with E-state index in [9.17, 15) is 0 Å². The van der Waals surface area contributed by atoms with Crippen molar-refractivity contribution in [3.63, 3.8) is 0 Å². The topological polar surface area (TPSA) is 9.23 Å². The number of rotatable bonds is 3. The molecule has 0 spiro atoms. The van der Waals surface area contributed by atoms with Crippen molar-refractivity contribution in [2.75, 3.05) is 0 Å². The third-order valence-electron chi connectivity index (χ3n) is 3.01. The summed E-state index contributed by atoms with van der Waals surface area (Å²) in [6, 6.07) is 22.3. The lowest BCUT2D eigenvalue weighted by Crippen LogP contribution is -1.89. The van der Waals surface area contributed by atoms with Crippen LogP contribution < -0.4 is 4.74 Å². The summed E-state index contributed by atoms with van der Waals surface area (Å²) in [5.41, 5.74) is 1.02. The Kier molecular flexibility index (Phi) is 3.51. The Labute approximate surface area is 121 Å². The number of halogens is 1. The van der Waals surface area contributed by atoms with E-state index in [1.165, 1.54) is 5.39 Å². The summed E-state index contributed by atoms with van der Waals surface area (Å²) in [5, 5.41) is 4.17. The highest BCUT2D eigenvalue weighted by atomic mass is 79.9. The molecule has 93 valence electrons. The summed E-state index contributed by atoms with van der Waals surface area (Å²) < 4.78 is 6.05.